The number of hydrogen-bond acceptors (Lipinski definition) is 7. The van der Waals surface area contributed by atoms with Crippen LogP contribution < -0.4 is 21.5 Å². The fourth-order valence-electron chi connectivity index (χ4n) is 4.47. The number of allylic oxidation sites excluding steroid dienone is 3. The second-order valence-corrected chi connectivity index (χ2v) is 9.71. The molecule has 2 unspecified atom stereocenters. The summed E-state index contributed by atoms with van der Waals surface area (Å²) in [6.45, 7) is 9.97. The lowest BCUT2D eigenvalue weighted by Gasteiger charge is -2.27. The third kappa shape index (κ3) is 9.90. The zero-order valence-electron chi connectivity index (χ0n) is 24.1. The normalized spacial score (nSPS) is 19.1. The van der Waals surface area contributed by atoms with E-state index < -0.39 is 17.8 Å². The quantitative estimate of drug-likeness (QED) is 0.126. The molecule has 1 aliphatic rings. The highest BCUT2D eigenvalue weighted by atomic mass is 16.5. The molecular weight excluding hydrogens is 494 g/mol. The topological polar surface area (TPSA) is 124 Å². The predicted molar refractivity (Wildman–Crippen MR) is 158 cm³/mol. The van der Waals surface area contributed by atoms with E-state index in [4.69, 9.17) is 9.73 Å². The van der Waals surface area contributed by atoms with Crippen molar-refractivity contribution in [3.8, 4) is 0 Å². The van der Waals surface area contributed by atoms with Gasteiger partial charge in [-0.15, -0.1) is 0 Å². The largest absolute Gasteiger partial charge is 0.481 e. The first-order valence-electron chi connectivity index (χ1n) is 13.9. The van der Waals surface area contributed by atoms with Crippen molar-refractivity contribution < 1.29 is 19.4 Å². The lowest BCUT2D eigenvalue weighted by atomic mass is 9.78. The maximum atomic E-state index is 12.9. The Hall–Kier alpha value is -3.59. The molecule has 0 aliphatic heterocycles. The van der Waals surface area contributed by atoms with Gasteiger partial charge in [0.25, 0.3) is 0 Å². The molecule has 5 N–H and O–H groups in total. The highest BCUT2D eigenvalue weighted by Crippen LogP contribution is 2.31. The molecule has 0 spiro atoms. The number of ether oxygens (including phenoxy) is 1. The monoisotopic (exact) mass is 539 g/mol. The van der Waals surface area contributed by atoms with E-state index in [1.165, 1.54) is 0 Å². The number of aliphatic imine (C=N–C) groups is 1. The van der Waals surface area contributed by atoms with Crippen LogP contribution in [-0.4, -0.2) is 36.0 Å². The molecule has 2 rings (SSSR count). The SMILES string of the molecule is C\C=C(/N=C(/C=C/CC)OC(C)C)N/C(CC)=C(/NNC)c1ccc(NC(=O)C2CCCCC2C(=O)O)cc1. The second-order valence-electron chi connectivity index (χ2n) is 9.71. The lowest BCUT2D eigenvalue weighted by Crippen LogP contribution is -2.36. The van der Waals surface area contributed by atoms with E-state index in [9.17, 15) is 14.7 Å². The number of carbonyl (C=O) groups excluding carboxylic acids is 1. The molecule has 1 fully saturated rings. The molecule has 0 aromatic heterocycles. The van der Waals surface area contributed by atoms with Crippen LogP contribution in [0.15, 0.2) is 59.0 Å². The smallest absolute Gasteiger partial charge is 0.307 e. The lowest BCUT2D eigenvalue weighted by molar-refractivity contribution is -0.147. The first-order valence-corrected chi connectivity index (χ1v) is 13.9. The van der Waals surface area contributed by atoms with Crippen LogP contribution in [0, 0.1) is 11.8 Å². The van der Waals surface area contributed by atoms with Crippen LogP contribution in [0.3, 0.4) is 0 Å². The van der Waals surface area contributed by atoms with Gasteiger partial charge in [0.15, 0.2) is 0 Å². The maximum Gasteiger partial charge on any atom is 0.307 e. The summed E-state index contributed by atoms with van der Waals surface area (Å²) in [6.07, 6.45) is 10.2. The molecule has 0 bridgehead atoms. The van der Waals surface area contributed by atoms with Gasteiger partial charge in [0.05, 0.1) is 23.6 Å². The van der Waals surface area contributed by atoms with Gasteiger partial charge < -0.3 is 25.9 Å². The van der Waals surface area contributed by atoms with Crippen LogP contribution in [0.4, 0.5) is 5.69 Å². The zero-order chi connectivity index (χ0) is 28.8. The average Bonchev–Trinajstić information content (AvgIpc) is 2.93. The summed E-state index contributed by atoms with van der Waals surface area (Å²) in [5.41, 5.74) is 9.50. The fraction of sp³-hybridized carbons (Fsp3) is 0.500. The van der Waals surface area contributed by atoms with Gasteiger partial charge in [0.1, 0.15) is 5.82 Å². The minimum atomic E-state index is -0.896. The Morgan fingerprint density at radius 3 is 2.33 bits per heavy atom. The number of benzene rings is 1. The third-order valence-corrected chi connectivity index (χ3v) is 6.40. The van der Waals surface area contributed by atoms with E-state index in [2.05, 4.69) is 35.3 Å². The van der Waals surface area contributed by atoms with Crippen molar-refractivity contribution in [3.63, 3.8) is 0 Å². The molecule has 0 radical (unpaired) electrons. The highest BCUT2D eigenvalue weighted by molar-refractivity contribution is 5.95. The standard InChI is InChI=1S/C30H45N5O4/c1-7-10-15-27(39-20(4)5)34-26(9-3)33-25(8-2)28(35-31-6)21-16-18-22(19-17-21)32-29(36)23-13-11-12-14-24(23)30(37)38/h9-10,15-20,23-24,31,33,35H,7-8,11-14H2,1-6H3,(H,32,36)(H,37,38)/b15-10+,26-9-,28-25+,34-27-. The molecule has 214 valence electrons. The average molecular weight is 540 g/mol. The number of anilines is 1. The van der Waals surface area contributed by atoms with Crippen molar-refractivity contribution in [1.29, 1.82) is 0 Å². The number of hydrazine groups is 1. The van der Waals surface area contributed by atoms with Gasteiger partial charge in [0.2, 0.25) is 11.8 Å². The Balaban J connectivity index is 2.28. The highest BCUT2D eigenvalue weighted by Gasteiger charge is 2.35. The summed E-state index contributed by atoms with van der Waals surface area (Å²) in [5, 5.41) is 15.9. The second kappa shape index (κ2) is 16.4. The van der Waals surface area contributed by atoms with Crippen LogP contribution >= 0.6 is 0 Å². The Labute approximate surface area is 232 Å². The number of aliphatic carboxylic acids is 1. The minimum absolute atomic E-state index is 0.00167. The molecule has 1 aromatic rings. The third-order valence-electron chi connectivity index (χ3n) is 6.40. The van der Waals surface area contributed by atoms with E-state index in [-0.39, 0.29) is 12.0 Å². The summed E-state index contributed by atoms with van der Waals surface area (Å²) in [7, 11) is 1.80. The van der Waals surface area contributed by atoms with Gasteiger partial charge in [-0.25, -0.2) is 5.43 Å². The van der Waals surface area contributed by atoms with Crippen LogP contribution in [0.2, 0.25) is 0 Å². The number of hydrogen-bond donors (Lipinski definition) is 5. The summed E-state index contributed by atoms with van der Waals surface area (Å²) in [6, 6.07) is 7.49. The van der Waals surface area contributed by atoms with Crippen molar-refractivity contribution in [2.45, 2.75) is 79.2 Å². The molecule has 9 nitrogen and oxygen atoms in total. The summed E-state index contributed by atoms with van der Waals surface area (Å²) in [5.74, 6) is -1.08. The van der Waals surface area contributed by atoms with Gasteiger partial charge >= 0.3 is 5.97 Å². The Morgan fingerprint density at radius 1 is 1.13 bits per heavy atom. The number of carbonyl (C=O) groups is 2. The molecule has 1 amide bonds. The molecule has 1 saturated carbocycles. The summed E-state index contributed by atoms with van der Waals surface area (Å²) in [4.78, 5) is 29.2. The number of rotatable bonds is 13. The van der Waals surface area contributed by atoms with Gasteiger partial charge in [-0.2, -0.15) is 4.99 Å². The van der Waals surface area contributed by atoms with E-state index >= 15 is 0 Å². The van der Waals surface area contributed by atoms with Crippen LogP contribution in [0.5, 0.6) is 0 Å². The molecule has 0 saturated heterocycles. The van der Waals surface area contributed by atoms with Crippen molar-refractivity contribution in [3.05, 3.63) is 59.6 Å². The van der Waals surface area contributed by atoms with Gasteiger partial charge in [-0.3, -0.25) is 9.59 Å². The van der Waals surface area contributed by atoms with Crippen molar-refractivity contribution in [2.75, 3.05) is 12.4 Å². The zero-order valence-corrected chi connectivity index (χ0v) is 24.1. The van der Waals surface area contributed by atoms with Gasteiger partial charge in [0, 0.05) is 24.0 Å². The van der Waals surface area contributed by atoms with E-state index in [0.717, 1.165) is 36.2 Å². The van der Waals surface area contributed by atoms with Gasteiger partial charge in [-0.1, -0.05) is 44.9 Å². The maximum absolute atomic E-state index is 12.9. The molecule has 9 heteroatoms. The molecule has 0 heterocycles. The predicted octanol–water partition coefficient (Wildman–Crippen LogP) is 5.56. The van der Waals surface area contributed by atoms with E-state index in [0.29, 0.717) is 36.7 Å². The first-order chi connectivity index (χ1) is 18.7. The molecule has 1 aromatic carbocycles. The Morgan fingerprint density at radius 2 is 1.79 bits per heavy atom. The van der Waals surface area contributed by atoms with Crippen molar-refractivity contribution in [1.82, 2.24) is 16.2 Å². The number of nitrogens with zero attached hydrogens (tertiary/aromatic N) is 1. The Bertz CT molecular complexity index is 1070. The van der Waals surface area contributed by atoms with Crippen molar-refractivity contribution >= 4 is 29.2 Å². The van der Waals surface area contributed by atoms with Crippen LogP contribution in [0.1, 0.15) is 78.7 Å². The summed E-state index contributed by atoms with van der Waals surface area (Å²) < 4.78 is 5.87. The molecule has 2 atom stereocenters. The van der Waals surface area contributed by atoms with Gasteiger partial charge in [-0.05, 0) is 70.7 Å². The molecule has 39 heavy (non-hydrogen) atoms. The molecule has 1 aliphatic carbocycles. The van der Waals surface area contributed by atoms with E-state index in [1.807, 2.05) is 63.3 Å². The fourth-order valence-corrected chi connectivity index (χ4v) is 4.47. The number of amides is 1. The number of carboxylic acids is 1. The minimum Gasteiger partial charge on any atom is -0.481 e. The van der Waals surface area contributed by atoms with Crippen LogP contribution in [-0.2, 0) is 14.3 Å². The Kier molecular flexibility index (Phi) is 13.3. The van der Waals surface area contributed by atoms with Crippen molar-refractivity contribution in [2.24, 2.45) is 16.8 Å². The van der Waals surface area contributed by atoms with Crippen LogP contribution in [0.25, 0.3) is 5.70 Å². The molecular formula is C30H45N5O4. The first kappa shape index (κ1) is 31.6. The number of nitrogens with one attached hydrogen (secondary N) is 4. The van der Waals surface area contributed by atoms with E-state index in [1.54, 1.807) is 7.05 Å². The summed E-state index contributed by atoms with van der Waals surface area (Å²) >= 11 is 0. The number of carboxylic acid groups (broad SMARTS) is 1.